The molecule has 1 aromatic rings. The first-order valence-electron chi connectivity index (χ1n) is 7.82. The number of rotatable bonds is 6. The van der Waals surface area contributed by atoms with Gasteiger partial charge in [-0.05, 0) is 43.7 Å². The largest absolute Gasteiger partial charge is 0.328 e. The van der Waals surface area contributed by atoms with Gasteiger partial charge in [-0.3, -0.25) is 4.57 Å². The Balaban J connectivity index is 1.99. The van der Waals surface area contributed by atoms with Crippen molar-refractivity contribution < 1.29 is 23.1 Å². The Hall–Kier alpha value is -0.770. The van der Waals surface area contributed by atoms with Crippen LogP contribution < -0.4 is 0 Å². The third-order valence-electron chi connectivity index (χ3n) is 4.56. The lowest BCUT2D eigenvalue weighted by Crippen LogP contribution is -2.32. The molecule has 0 aliphatic heterocycles. The highest BCUT2D eigenvalue weighted by molar-refractivity contribution is 7.52. The van der Waals surface area contributed by atoms with Gasteiger partial charge >= 0.3 is 7.60 Å². The van der Waals surface area contributed by atoms with Crippen LogP contribution in [0.3, 0.4) is 0 Å². The second kappa shape index (κ2) is 7.67. The van der Waals surface area contributed by atoms with E-state index < -0.39 is 25.3 Å². The van der Waals surface area contributed by atoms with Crippen molar-refractivity contribution in [3.05, 3.63) is 35.6 Å². The second-order valence-electron chi connectivity index (χ2n) is 6.10. The van der Waals surface area contributed by atoms with E-state index in [1.54, 1.807) is 18.2 Å². The fourth-order valence-electron chi connectivity index (χ4n) is 3.38. The number of hydrogen-bond donors (Lipinski definition) is 2. The predicted octanol–water partition coefficient (Wildman–Crippen LogP) is 4.22. The lowest BCUT2D eigenvalue weighted by molar-refractivity contribution is 0.147. The second-order valence-corrected chi connectivity index (χ2v) is 7.95. The van der Waals surface area contributed by atoms with Gasteiger partial charge in [-0.2, -0.15) is 0 Å². The normalized spacial score (nSPS) is 24.2. The molecule has 0 spiro atoms. The molecule has 2 N–H and O–H groups in total. The van der Waals surface area contributed by atoms with Crippen LogP contribution in [-0.4, -0.2) is 21.6 Å². The highest BCUT2D eigenvalue weighted by atomic mass is 31.2. The highest BCUT2D eigenvalue weighted by Gasteiger charge is 2.41. The van der Waals surface area contributed by atoms with Crippen molar-refractivity contribution in [3.8, 4) is 0 Å². The number of hydrogen-bond acceptors (Lipinski definition) is 1. The molecule has 1 aromatic carbocycles. The molecule has 2 rings (SSSR count). The van der Waals surface area contributed by atoms with Gasteiger partial charge in [0.2, 0.25) is 0 Å². The van der Waals surface area contributed by atoms with E-state index in [0.717, 1.165) is 12.8 Å². The maximum atomic E-state index is 14.0. The smallest absolute Gasteiger partial charge is 0.324 e. The molecule has 1 fully saturated rings. The Labute approximate surface area is 129 Å². The fraction of sp³-hybridized carbons (Fsp3) is 0.625. The highest BCUT2D eigenvalue weighted by Crippen LogP contribution is 2.51. The third kappa shape index (κ3) is 4.61. The van der Waals surface area contributed by atoms with Gasteiger partial charge in [-0.15, -0.1) is 0 Å². The molecular formula is C16H23F2O3P. The number of benzene rings is 1. The van der Waals surface area contributed by atoms with E-state index in [4.69, 9.17) is 0 Å². The van der Waals surface area contributed by atoms with Crippen molar-refractivity contribution in [3.63, 3.8) is 0 Å². The Morgan fingerprint density at radius 3 is 2.55 bits per heavy atom. The zero-order valence-electron chi connectivity index (χ0n) is 12.5. The van der Waals surface area contributed by atoms with Gasteiger partial charge in [0.1, 0.15) is 12.0 Å². The predicted molar refractivity (Wildman–Crippen MR) is 82.0 cm³/mol. The van der Waals surface area contributed by atoms with Gasteiger partial charge in [-0.25, -0.2) is 8.78 Å². The molecule has 124 valence electrons. The van der Waals surface area contributed by atoms with E-state index in [1.165, 1.54) is 6.07 Å². The summed E-state index contributed by atoms with van der Waals surface area (Å²) in [7, 11) is -4.35. The standard InChI is InChI=1S/C16H23F2O3P/c17-14-9-3-1-6-12(14)7-5-11-16(22(19,20)21)13-8-2-4-10-15(13)18/h1,3,6,9,13,15-16H,2,4-5,7-8,10-11H2,(H2,19,20,21). The minimum atomic E-state index is -4.35. The van der Waals surface area contributed by atoms with E-state index in [2.05, 4.69) is 0 Å². The Morgan fingerprint density at radius 1 is 1.23 bits per heavy atom. The quantitative estimate of drug-likeness (QED) is 0.767. The van der Waals surface area contributed by atoms with E-state index in [9.17, 15) is 23.1 Å². The summed E-state index contributed by atoms with van der Waals surface area (Å²) >= 11 is 0. The first kappa shape index (κ1) is 17.6. The molecule has 1 aliphatic carbocycles. The number of aryl methyl sites for hydroxylation is 1. The Morgan fingerprint density at radius 2 is 1.91 bits per heavy atom. The van der Waals surface area contributed by atoms with E-state index in [0.29, 0.717) is 31.2 Å². The van der Waals surface area contributed by atoms with Crippen LogP contribution in [0.2, 0.25) is 0 Å². The monoisotopic (exact) mass is 332 g/mol. The Kier molecular flexibility index (Phi) is 6.13. The molecule has 6 heteroatoms. The van der Waals surface area contributed by atoms with Crippen molar-refractivity contribution in [2.45, 2.75) is 56.8 Å². The van der Waals surface area contributed by atoms with Crippen molar-refractivity contribution in [2.75, 3.05) is 0 Å². The molecule has 0 heterocycles. The first-order valence-corrected chi connectivity index (χ1v) is 9.50. The van der Waals surface area contributed by atoms with Crippen LogP contribution in [0.5, 0.6) is 0 Å². The summed E-state index contributed by atoms with van der Waals surface area (Å²) in [6.07, 6.45) is 2.44. The van der Waals surface area contributed by atoms with E-state index in [1.807, 2.05) is 0 Å². The van der Waals surface area contributed by atoms with Gasteiger partial charge in [0.05, 0.1) is 5.66 Å². The van der Waals surface area contributed by atoms with Gasteiger partial charge < -0.3 is 9.79 Å². The molecule has 0 aromatic heterocycles. The average Bonchev–Trinajstić information content (AvgIpc) is 2.45. The fourth-order valence-corrected chi connectivity index (χ4v) is 4.74. The molecule has 3 nitrogen and oxygen atoms in total. The summed E-state index contributed by atoms with van der Waals surface area (Å²) in [4.78, 5) is 19.1. The first-order chi connectivity index (χ1) is 10.4. The molecule has 1 aliphatic rings. The van der Waals surface area contributed by atoms with Gasteiger partial charge in [-0.1, -0.05) is 31.0 Å². The molecular weight excluding hydrogens is 309 g/mol. The van der Waals surface area contributed by atoms with E-state index in [-0.39, 0.29) is 12.2 Å². The molecule has 0 saturated heterocycles. The van der Waals surface area contributed by atoms with Crippen LogP contribution in [0.4, 0.5) is 8.78 Å². The summed E-state index contributed by atoms with van der Waals surface area (Å²) in [5.74, 6) is -0.883. The zero-order valence-corrected chi connectivity index (χ0v) is 13.4. The van der Waals surface area contributed by atoms with Gasteiger partial charge in [0, 0.05) is 5.92 Å². The zero-order chi connectivity index (χ0) is 16.2. The summed E-state index contributed by atoms with van der Waals surface area (Å²) in [5, 5.41) is 0. The molecule has 0 radical (unpaired) electrons. The average molecular weight is 332 g/mol. The molecule has 3 unspecified atom stereocenters. The van der Waals surface area contributed by atoms with Crippen molar-refractivity contribution in [1.82, 2.24) is 0 Å². The number of alkyl halides is 1. The third-order valence-corrected chi connectivity index (χ3v) is 6.07. The topological polar surface area (TPSA) is 57.5 Å². The van der Waals surface area contributed by atoms with E-state index >= 15 is 0 Å². The van der Waals surface area contributed by atoms with Crippen LogP contribution in [0.1, 0.15) is 44.1 Å². The number of halogens is 2. The van der Waals surface area contributed by atoms with Gasteiger partial charge in [0.15, 0.2) is 0 Å². The lowest BCUT2D eigenvalue weighted by atomic mass is 9.83. The van der Waals surface area contributed by atoms with Crippen LogP contribution in [0.15, 0.2) is 24.3 Å². The van der Waals surface area contributed by atoms with Crippen molar-refractivity contribution in [1.29, 1.82) is 0 Å². The van der Waals surface area contributed by atoms with Crippen LogP contribution >= 0.6 is 7.60 Å². The lowest BCUT2D eigenvalue weighted by Gasteiger charge is -2.33. The van der Waals surface area contributed by atoms with Crippen LogP contribution in [-0.2, 0) is 11.0 Å². The van der Waals surface area contributed by atoms with Gasteiger partial charge in [0.25, 0.3) is 0 Å². The maximum absolute atomic E-state index is 14.0. The minimum Gasteiger partial charge on any atom is -0.324 e. The van der Waals surface area contributed by atoms with Crippen LogP contribution in [0, 0.1) is 11.7 Å². The summed E-state index contributed by atoms with van der Waals surface area (Å²) in [6, 6.07) is 6.37. The summed E-state index contributed by atoms with van der Waals surface area (Å²) < 4.78 is 39.3. The molecule has 0 bridgehead atoms. The molecule has 0 amide bonds. The molecule has 22 heavy (non-hydrogen) atoms. The van der Waals surface area contributed by atoms with Crippen molar-refractivity contribution in [2.24, 2.45) is 5.92 Å². The summed E-state index contributed by atoms with van der Waals surface area (Å²) in [6.45, 7) is 0. The SMILES string of the molecule is O=P(O)(O)C(CCCc1ccccc1F)C1CCCCC1F. The minimum absolute atomic E-state index is 0.226. The van der Waals surface area contributed by atoms with Crippen molar-refractivity contribution >= 4 is 7.60 Å². The molecule has 1 saturated carbocycles. The molecule has 3 atom stereocenters. The Bertz CT molecular complexity index is 532. The maximum Gasteiger partial charge on any atom is 0.328 e. The summed E-state index contributed by atoms with van der Waals surface area (Å²) in [5.41, 5.74) is -0.415. The van der Waals surface area contributed by atoms with Crippen LogP contribution in [0.25, 0.3) is 0 Å².